The van der Waals surface area contributed by atoms with E-state index in [1.807, 2.05) is 74.8 Å². The molecule has 3 rings (SSSR count). The Morgan fingerprint density at radius 3 is 2.41 bits per heavy atom. The first-order valence-corrected chi connectivity index (χ1v) is 9.05. The van der Waals surface area contributed by atoms with Gasteiger partial charge in [-0.05, 0) is 30.2 Å². The van der Waals surface area contributed by atoms with E-state index in [9.17, 15) is 4.79 Å². The molecule has 1 aromatic heterocycles. The van der Waals surface area contributed by atoms with Gasteiger partial charge in [0.05, 0.1) is 18.8 Å². The van der Waals surface area contributed by atoms with E-state index >= 15 is 0 Å². The lowest BCUT2D eigenvalue weighted by molar-refractivity contribution is 0.0715. The maximum Gasteiger partial charge on any atom is 0.272 e. The molecule has 0 aliphatic carbocycles. The Kier molecular flexibility index (Phi) is 5.60. The van der Waals surface area contributed by atoms with Crippen LogP contribution in [0.4, 0.5) is 0 Å². The van der Waals surface area contributed by atoms with Crippen molar-refractivity contribution in [1.82, 2.24) is 14.7 Å². The van der Waals surface area contributed by atoms with Crippen LogP contribution in [0.25, 0.3) is 11.3 Å². The van der Waals surface area contributed by atoms with E-state index in [0.717, 1.165) is 29.0 Å². The number of methoxy groups -OCH3 is 1. The van der Waals surface area contributed by atoms with Crippen molar-refractivity contribution in [3.05, 3.63) is 71.9 Å². The molecule has 0 radical (unpaired) electrons. The van der Waals surface area contributed by atoms with Gasteiger partial charge in [-0.1, -0.05) is 49.4 Å². The van der Waals surface area contributed by atoms with Gasteiger partial charge in [0, 0.05) is 19.7 Å². The van der Waals surface area contributed by atoms with Gasteiger partial charge in [-0.15, -0.1) is 0 Å². The van der Waals surface area contributed by atoms with Crippen molar-refractivity contribution in [3.8, 4) is 17.0 Å². The molecule has 1 atom stereocenters. The molecule has 1 amide bonds. The molecule has 5 nitrogen and oxygen atoms in total. The van der Waals surface area contributed by atoms with E-state index in [1.165, 1.54) is 0 Å². The number of aryl methyl sites for hydroxylation is 1. The van der Waals surface area contributed by atoms with E-state index in [0.29, 0.717) is 5.69 Å². The van der Waals surface area contributed by atoms with Crippen LogP contribution in [0.3, 0.4) is 0 Å². The predicted molar refractivity (Wildman–Crippen MR) is 107 cm³/mol. The highest BCUT2D eigenvalue weighted by molar-refractivity contribution is 5.93. The smallest absolute Gasteiger partial charge is 0.272 e. The molecule has 0 spiro atoms. The molecule has 5 heteroatoms. The molecule has 0 fully saturated rings. The van der Waals surface area contributed by atoms with Crippen molar-refractivity contribution in [2.24, 2.45) is 7.05 Å². The minimum absolute atomic E-state index is 0.0153. The van der Waals surface area contributed by atoms with Gasteiger partial charge in [-0.2, -0.15) is 5.10 Å². The van der Waals surface area contributed by atoms with E-state index < -0.39 is 0 Å². The van der Waals surface area contributed by atoms with Crippen molar-refractivity contribution in [3.63, 3.8) is 0 Å². The quantitative estimate of drug-likeness (QED) is 0.655. The number of rotatable bonds is 6. The summed E-state index contributed by atoms with van der Waals surface area (Å²) in [5.41, 5.74) is 3.45. The third-order valence-electron chi connectivity index (χ3n) is 4.84. The lowest BCUT2D eigenvalue weighted by atomic mass is 10.0. The average Bonchev–Trinajstić information content (AvgIpc) is 3.10. The molecule has 27 heavy (non-hydrogen) atoms. The molecular weight excluding hydrogens is 338 g/mol. The van der Waals surface area contributed by atoms with Gasteiger partial charge in [-0.25, -0.2) is 0 Å². The van der Waals surface area contributed by atoms with Crippen LogP contribution in [0, 0.1) is 0 Å². The molecule has 0 N–H and O–H groups in total. The number of benzene rings is 2. The predicted octanol–water partition coefficient (Wildman–Crippen LogP) is 4.32. The van der Waals surface area contributed by atoms with E-state index in [1.54, 1.807) is 16.7 Å². The highest BCUT2D eigenvalue weighted by Crippen LogP contribution is 2.27. The first kappa shape index (κ1) is 18.7. The number of aromatic nitrogens is 2. The van der Waals surface area contributed by atoms with Crippen LogP contribution in [0.2, 0.25) is 0 Å². The van der Waals surface area contributed by atoms with Crippen molar-refractivity contribution in [2.75, 3.05) is 14.2 Å². The van der Waals surface area contributed by atoms with Crippen molar-refractivity contribution in [1.29, 1.82) is 0 Å². The highest BCUT2D eigenvalue weighted by Gasteiger charge is 2.24. The van der Waals surface area contributed by atoms with Crippen LogP contribution in [-0.4, -0.2) is 34.7 Å². The van der Waals surface area contributed by atoms with Crippen molar-refractivity contribution in [2.45, 2.75) is 19.4 Å². The fraction of sp³-hybridized carbons (Fsp3) is 0.273. The summed E-state index contributed by atoms with van der Waals surface area (Å²) in [6, 6.07) is 19.6. The first-order valence-electron chi connectivity index (χ1n) is 9.05. The van der Waals surface area contributed by atoms with Gasteiger partial charge in [-0.3, -0.25) is 9.48 Å². The second-order valence-corrected chi connectivity index (χ2v) is 6.52. The second kappa shape index (κ2) is 8.08. The van der Waals surface area contributed by atoms with E-state index in [4.69, 9.17) is 4.74 Å². The molecule has 0 bridgehead atoms. The highest BCUT2D eigenvalue weighted by atomic mass is 16.5. The van der Waals surface area contributed by atoms with Gasteiger partial charge in [0.2, 0.25) is 0 Å². The summed E-state index contributed by atoms with van der Waals surface area (Å²) in [5.74, 6) is 0.761. The lowest BCUT2D eigenvalue weighted by Crippen LogP contribution is -2.32. The van der Waals surface area contributed by atoms with Gasteiger partial charge in [0.25, 0.3) is 5.91 Å². The number of ether oxygens (including phenoxy) is 1. The summed E-state index contributed by atoms with van der Waals surface area (Å²) in [6.45, 7) is 2.08. The van der Waals surface area contributed by atoms with Crippen molar-refractivity contribution < 1.29 is 9.53 Å². The lowest BCUT2D eigenvalue weighted by Gasteiger charge is -2.27. The molecule has 0 aliphatic rings. The van der Waals surface area contributed by atoms with Crippen LogP contribution in [0.15, 0.2) is 60.7 Å². The second-order valence-electron chi connectivity index (χ2n) is 6.52. The Balaban J connectivity index is 1.86. The number of carbonyl (C=O) groups is 1. The van der Waals surface area contributed by atoms with E-state index in [2.05, 4.69) is 12.0 Å². The zero-order chi connectivity index (χ0) is 19.4. The summed E-state index contributed by atoms with van der Waals surface area (Å²) < 4.78 is 6.88. The number of amides is 1. The van der Waals surface area contributed by atoms with Gasteiger partial charge < -0.3 is 9.64 Å². The average molecular weight is 363 g/mol. The molecule has 2 aromatic carbocycles. The Labute approximate surface area is 160 Å². The Morgan fingerprint density at radius 2 is 1.81 bits per heavy atom. The molecule has 140 valence electrons. The normalized spacial score (nSPS) is 11.9. The fourth-order valence-corrected chi connectivity index (χ4v) is 3.30. The summed E-state index contributed by atoms with van der Waals surface area (Å²) in [6.07, 6.45) is 0.817. The molecule has 1 unspecified atom stereocenters. The maximum atomic E-state index is 13.1. The summed E-state index contributed by atoms with van der Waals surface area (Å²) in [4.78, 5) is 14.9. The first-order chi connectivity index (χ1) is 13.0. The largest absolute Gasteiger partial charge is 0.497 e. The number of hydrogen-bond donors (Lipinski definition) is 0. The minimum Gasteiger partial charge on any atom is -0.497 e. The van der Waals surface area contributed by atoms with Gasteiger partial charge >= 0.3 is 0 Å². The summed E-state index contributed by atoms with van der Waals surface area (Å²) >= 11 is 0. The molecule has 0 aliphatic heterocycles. The fourth-order valence-electron chi connectivity index (χ4n) is 3.30. The number of carbonyl (C=O) groups excluding carboxylic acids is 1. The van der Waals surface area contributed by atoms with Crippen molar-refractivity contribution >= 4 is 5.91 Å². The van der Waals surface area contributed by atoms with Gasteiger partial charge in [0.15, 0.2) is 0 Å². The molecular formula is C22H25N3O2. The third kappa shape index (κ3) is 3.87. The zero-order valence-electron chi connectivity index (χ0n) is 16.2. The monoisotopic (exact) mass is 363 g/mol. The maximum absolute atomic E-state index is 13.1. The summed E-state index contributed by atoms with van der Waals surface area (Å²) in [7, 11) is 5.30. The number of hydrogen-bond acceptors (Lipinski definition) is 3. The standard InChI is InChI=1S/C22H25N3O2/c1-5-20(17-11-13-18(27-4)14-12-17)24(2)22(26)21-15-19(23-25(21)3)16-9-7-6-8-10-16/h6-15,20H,5H2,1-4H3. The van der Waals surface area contributed by atoms with Crippen LogP contribution in [0.5, 0.6) is 5.75 Å². The Morgan fingerprint density at radius 1 is 1.15 bits per heavy atom. The molecule has 3 aromatic rings. The van der Waals surface area contributed by atoms with Crippen LogP contribution >= 0.6 is 0 Å². The molecule has 1 heterocycles. The van der Waals surface area contributed by atoms with E-state index in [-0.39, 0.29) is 11.9 Å². The van der Waals surface area contributed by atoms with Crippen LogP contribution in [0.1, 0.15) is 35.4 Å². The van der Waals surface area contributed by atoms with Crippen LogP contribution < -0.4 is 4.74 Å². The zero-order valence-corrected chi connectivity index (χ0v) is 16.2. The Bertz CT molecular complexity index is 901. The Hall–Kier alpha value is -3.08. The topological polar surface area (TPSA) is 47.4 Å². The van der Waals surface area contributed by atoms with Crippen LogP contribution in [-0.2, 0) is 7.05 Å². The molecule has 0 saturated heterocycles. The number of nitrogens with zero attached hydrogens (tertiary/aromatic N) is 3. The summed E-state index contributed by atoms with van der Waals surface area (Å²) in [5, 5.41) is 4.52. The SMILES string of the molecule is CCC(c1ccc(OC)cc1)N(C)C(=O)c1cc(-c2ccccc2)nn1C. The molecule has 0 saturated carbocycles. The van der Waals surface area contributed by atoms with Gasteiger partial charge in [0.1, 0.15) is 11.4 Å². The minimum atomic E-state index is -0.0464. The third-order valence-corrected chi connectivity index (χ3v) is 4.84.